The van der Waals surface area contributed by atoms with Gasteiger partial charge in [0.05, 0.1) is 21.3 Å². The van der Waals surface area contributed by atoms with Crippen molar-refractivity contribution in [2.45, 2.75) is 18.2 Å². The number of carbonyl (C=O) groups excluding carboxylic acids is 1. The van der Waals surface area contributed by atoms with E-state index >= 15 is 0 Å². The number of carbonyl (C=O) groups is 1. The van der Waals surface area contributed by atoms with Gasteiger partial charge in [0.2, 0.25) is 0 Å². The van der Waals surface area contributed by atoms with Gasteiger partial charge in [0, 0.05) is 18.4 Å². The SMILES string of the molecule is CNc1c(O)c(Cl)cc(Cl)c1C(=O)NCCC(C)Br. The highest BCUT2D eigenvalue weighted by atomic mass is 79.9. The van der Waals surface area contributed by atoms with Crippen molar-refractivity contribution >= 4 is 50.7 Å². The Kier molecular flexibility index (Phi) is 6.23. The van der Waals surface area contributed by atoms with E-state index in [1.165, 1.54) is 6.07 Å². The zero-order valence-corrected chi connectivity index (χ0v) is 13.7. The van der Waals surface area contributed by atoms with Crippen molar-refractivity contribution in [3.05, 3.63) is 21.7 Å². The van der Waals surface area contributed by atoms with Gasteiger partial charge in [-0.3, -0.25) is 4.79 Å². The third kappa shape index (κ3) is 4.16. The third-order valence-electron chi connectivity index (χ3n) is 2.51. The summed E-state index contributed by atoms with van der Waals surface area (Å²) in [7, 11) is 1.58. The van der Waals surface area contributed by atoms with Crippen LogP contribution in [0.2, 0.25) is 10.0 Å². The molecule has 1 unspecified atom stereocenters. The van der Waals surface area contributed by atoms with E-state index in [9.17, 15) is 9.90 Å². The van der Waals surface area contributed by atoms with Crippen molar-refractivity contribution < 1.29 is 9.90 Å². The van der Waals surface area contributed by atoms with Crippen LogP contribution in [0.3, 0.4) is 0 Å². The molecular weight excluding hydrogens is 355 g/mol. The molecule has 0 spiro atoms. The Bertz CT molecular complexity index is 481. The summed E-state index contributed by atoms with van der Waals surface area (Å²) in [5.74, 6) is -0.540. The van der Waals surface area contributed by atoms with Crippen LogP contribution in [0.15, 0.2) is 6.07 Å². The molecule has 0 saturated carbocycles. The Morgan fingerprint density at radius 3 is 2.63 bits per heavy atom. The van der Waals surface area contributed by atoms with Gasteiger partial charge >= 0.3 is 0 Å². The number of rotatable bonds is 5. The van der Waals surface area contributed by atoms with E-state index in [1.807, 2.05) is 6.92 Å². The van der Waals surface area contributed by atoms with Gasteiger partial charge in [0.15, 0.2) is 5.75 Å². The van der Waals surface area contributed by atoms with Gasteiger partial charge < -0.3 is 15.7 Å². The van der Waals surface area contributed by atoms with E-state index in [0.717, 1.165) is 6.42 Å². The van der Waals surface area contributed by atoms with Crippen LogP contribution < -0.4 is 10.6 Å². The molecule has 1 rings (SSSR count). The minimum absolute atomic E-state index is 0.0972. The summed E-state index contributed by atoms with van der Waals surface area (Å²) in [6.45, 7) is 2.50. The molecule has 0 fully saturated rings. The lowest BCUT2D eigenvalue weighted by Gasteiger charge is -2.14. The molecule has 0 bridgehead atoms. The topological polar surface area (TPSA) is 61.4 Å². The number of phenolic OH excluding ortho intramolecular Hbond substituents is 1. The molecule has 0 radical (unpaired) electrons. The maximum atomic E-state index is 12.1. The van der Waals surface area contributed by atoms with Gasteiger partial charge in [-0.2, -0.15) is 0 Å². The van der Waals surface area contributed by atoms with Crippen LogP contribution in [-0.2, 0) is 0 Å². The number of hydrogen-bond acceptors (Lipinski definition) is 3. The average molecular weight is 370 g/mol. The van der Waals surface area contributed by atoms with Gasteiger partial charge in [0.25, 0.3) is 5.91 Å². The zero-order chi connectivity index (χ0) is 14.6. The molecule has 3 N–H and O–H groups in total. The van der Waals surface area contributed by atoms with E-state index in [4.69, 9.17) is 23.2 Å². The predicted octanol–water partition coefficient (Wildman–Crippen LogP) is 3.64. The van der Waals surface area contributed by atoms with Crippen molar-refractivity contribution in [2.24, 2.45) is 0 Å². The standard InChI is InChI=1S/C12H15BrCl2N2O2/c1-6(13)3-4-17-12(19)9-7(14)5-8(15)11(18)10(9)16-2/h5-6,16,18H,3-4H2,1-2H3,(H,17,19). The molecule has 1 atom stereocenters. The van der Waals surface area contributed by atoms with Crippen LogP contribution in [0.4, 0.5) is 5.69 Å². The largest absolute Gasteiger partial charge is 0.504 e. The number of hydrogen-bond donors (Lipinski definition) is 3. The van der Waals surface area contributed by atoms with E-state index in [1.54, 1.807) is 7.05 Å². The number of amides is 1. The van der Waals surface area contributed by atoms with Gasteiger partial charge in [-0.05, 0) is 12.5 Å². The summed E-state index contributed by atoms with van der Waals surface area (Å²) in [5.41, 5.74) is 0.412. The summed E-state index contributed by atoms with van der Waals surface area (Å²) >= 11 is 15.2. The molecule has 0 heterocycles. The molecule has 0 aliphatic heterocycles. The highest BCUT2D eigenvalue weighted by Crippen LogP contribution is 2.39. The molecular formula is C12H15BrCl2N2O2. The quantitative estimate of drug-likeness (QED) is 0.548. The Morgan fingerprint density at radius 1 is 1.47 bits per heavy atom. The summed E-state index contributed by atoms with van der Waals surface area (Å²) < 4.78 is 0. The molecule has 0 aliphatic carbocycles. The van der Waals surface area contributed by atoms with E-state index in [-0.39, 0.29) is 33.0 Å². The van der Waals surface area contributed by atoms with E-state index in [2.05, 4.69) is 26.6 Å². The lowest BCUT2D eigenvalue weighted by Crippen LogP contribution is -2.26. The van der Waals surface area contributed by atoms with E-state index < -0.39 is 0 Å². The summed E-state index contributed by atoms with van der Waals surface area (Å²) in [6, 6.07) is 1.35. The summed E-state index contributed by atoms with van der Waals surface area (Å²) in [4.78, 5) is 12.4. The van der Waals surface area contributed by atoms with Crippen molar-refractivity contribution in [2.75, 3.05) is 18.9 Å². The maximum absolute atomic E-state index is 12.1. The first kappa shape index (κ1) is 16.4. The van der Waals surface area contributed by atoms with Crippen LogP contribution >= 0.6 is 39.1 Å². The molecule has 19 heavy (non-hydrogen) atoms. The number of halogens is 3. The highest BCUT2D eigenvalue weighted by Gasteiger charge is 2.20. The molecule has 7 heteroatoms. The van der Waals surface area contributed by atoms with Gasteiger partial charge in [-0.25, -0.2) is 0 Å². The number of aromatic hydroxyl groups is 1. The molecule has 1 aromatic carbocycles. The third-order valence-corrected chi connectivity index (χ3v) is 3.55. The molecule has 1 amide bonds. The van der Waals surface area contributed by atoms with Crippen LogP contribution in [0.25, 0.3) is 0 Å². The normalized spacial score (nSPS) is 12.1. The number of nitrogens with one attached hydrogen (secondary N) is 2. The number of alkyl halides is 1. The Hall–Kier alpha value is -0.650. The van der Waals surface area contributed by atoms with Crippen LogP contribution in [0.5, 0.6) is 5.75 Å². The summed E-state index contributed by atoms with van der Waals surface area (Å²) in [5, 5.41) is 15.6. The molecule has 0 aromatic heterocycles. The molecule has 0 aliphatic rings. The molecule has 106 valence electrons. The Balaban J connectivity index is 2.99. The smallest absolute Gasteiger partial charge is 0.255 e. The fraction of sp³-hybridized carbons (Fsp3) is 0.417. The lowest BCUT2D eigenvalue weighted by molar-refractivity contribution is 0.0954. The zero-order valence-electron chi connectivity index (χ0n) is 10.6. The van der Waals surface area contributed by atoms with Crippen molar-refractivity contribution in [1.82, 2.24) is 5.32 Å². The first-order valence-corrected chi connectivity index (χ1v) is 7.36. The molecule has 1 aromatic rings. The molecule has 0 saturated heterocycles. The minimum atomic E-state index is -0.352. The van der Waals surface area contributed by atoms with Gasteiger partial charge in [-0.15, -0.1) is 0 Å². The maximum Gasteiger partial charge on any atom is 0.255 e. The summed E-state index contributed by atoms with van der Waals surface area (Å²) in [6.07, 6.45) is 0.790. The van der Waals surface area contributed by atoms with Crippen LogP contribution in [0.1, 0.15) is 23.7 Å². The van der Waals surface area contributed by atoms with Crippen LogP contribution in [-0.4, -0.2) is 29.4 Å². The number of anilines is 1. The Morgan fingerprint density at radius 2 is 2.11 bits per heavy atom. The first-order valence-electron chi connectivity index (χ1n) is 5.69. The predicted molar refractivity (Wildman–Crippen MR) is 83.0 cm³/mol. The lowest BCUT2D eigenvalue weighted by atomic mass is 10.1. The second-order valence-corrected chi connectivity index (χ2v) is 6.39. The monoisotopic (exact) mass is 368 g/mol. The minimum Gasteiger partial charge on any atom is -0.504 e. The fourth-order valence-corrected chi connectivity index (χ4v) is 2.33. The average Bonchev–Trinajstić information content (AvgIpc) is 2.32. The second kappa shape index (κ2) is 7.22. The van der Waals surface area contributed by atoms with Gasteiger partial charge in [0.1, 0.15) is 0 Å². The highest BCUT2D eigenvalue weighted by molar-refractivity contribution is 9.09. The van der Waals surface area contributed by atoms with Crippen molar-refractivity contribution in [3.63, 3.8) is 0 Å². The van der Waals surface area contributed by atoms with Crippen molar-refractivity contribution in [3.8, 4) is 5.75 Å². The van der Waals surface area contributed by atoms with Crippen LogP contribution in [0, 0.1) is 0 Å². The first-order chi connectivity index (χ1) is 8.88. The second-order valence-electron chi connectivity index (χ2n) is 4.01. The fourth-order valence-electron chi connectivity index (χ4n) is 1.55. The Labute approximate surface area is 130 Å². The number of phenols is 1. The number of benzene rings is 1. The van der Waals surface area contributed by atoms with Gasteiger partial charge in [-0.1, -0.05) is 46.1 Å². The molecule has 4 nitrogen and oxygen atoms in total. The van der Waals surface area contributed by atoms with Crippen molar-refractivity contribution in [1.29, 1.82) is 0 Å². The van der Waals surface area contributed by atoms with E-state index in [0.29, 0.717) is 11.4 Å².